The second-order valence-corrected chi connectivity index (χ2v) is 10.4. The van der Waals surface area contributed by atoms with Gasteiger partial charge in [-0.3, -0.25) is 4.79 Å². The first-order valence-electron chi connectivity index (χ1n) is 9.70. The normalized spacial score (nSPS) is 10.9. The molecular formula is C26H27OP. The molecule has 0 aromatic heterocycles. The van der Waals surface area contributed by atoms with Crippen molar-refractivity contribution in [3.8, 4) is 0 Å². The van der Waals surface area contributed by atoms with Gasteiger partial charge in [0.2, 0.25) is 0 Å². The number of hydrogen-bond acceptors (Lipinski definition) is 1. The van der Waals surface area contributed by atoms with E-state index in [2.05, 4.69) is 92.7 Å². The second kappa shape index (κ2) is 9.53. The Morgan fingerprint density at radius 1 is 0.714 bits per heavy atom. The maximum atomic E-state index is 13.1. The van der Waals surface area contributed by atoms with E-state index in [4.69, 9.17) is 0 Å². The second-order valence-electron chi connectivity index (χ2n) is 7.14. The standard InChI is InChI=1S/C26H27OP/c1-22(2)13-12-14-23(27)21-28(24-15-6-3-7-16-24,25-17-8-4-9-18-25)26-19-10-5-11-20-26/h3-11,13,15-21H,12,14H2,1-2H3. The summed E-state index contributed by atoms with van der Waals surface area (Å²) in [7, 11) is 0. The molecule has 3 aromatic rings. The van der Waals surface area contributed by atoms with Gasteiger partial charge in [0.25, 0.3) is 0 Å². The van der Waals surface area contributed by atoms with Crippen molar-refractivity contribution in [3.63, 3.8) is 0 Å². The first-order chi connectivity index (χ1) is 13.6. The molecule has 0 radical (unpaired) electrons. The van der Waals surface area contributed by atoms with E-state index in [1.807, 2.05) is 24.0 Å². The number of carbonyl (C=O) groups excluding carboxylic acids is 1. The van der Waals surface area contributed by atoms with Crippen LogP contribution < -0.4 is 15.9 Å². The van der Waals surface area contributed by atoms with E-state index in [-0.39, 0.29) is 5.78 Å². The lowest BCUT2D eigenvalue weighted by Crippen LogP contribution is -2.28. The number of allylic oxidation sites excluding steroid dienone is 2. The van der Waals surface area contributed by atoms with E-state index in [9.17, 15) is 4.79 Å². The van der Waals surface area contributed by atoms with Crippen molar-refractivity contribution in [1.29, 1.82) is 0 Å². The lowest BCUT2D eigenvalue weighted by molar-refractivity contribution is -0.112. The van der Waals surface area contributed by atoms with E-state index in [1.165, 1.54) is 21.5 Å². The van der Waals surface area contributed by atoms with Gasteiger partial charge in [-0.05, 0) is 48.9 Å². The molecule has 0 bridgehead atoms. The minimum Gasteiger partial charge on any atom is -0.295 e. The molecule has 0 fully saturated rings. The van der Waals surface area contributed by atoms with Crippen LogP contribution in [0.1, 0.15) is 26.7 Å². The lowest BCUT2D eigenvalue weighted by Gasteiger charge is -2.28. The molecule has 0 aliphatic rings. The fourth-order valence-corrected chi connectivity index (χ4v) is 7.27. The van der Waals surface area contributed by atoms with Crippen LogP contribution in [0.2, 0.25) is 0 Å². The molecule has 0 saturated carbocycles. The molecule has 142 valence electrons. The highest BCUT2D eigenvalue weighted by atomic mass is 31.2. The van der Waals surface area contributed by atoms with Gasteiger partial charge in [0, 0.05) is 6.42 Å². The third-order valence-electron chi connectivity index (χ3n) is 4.77. The Balaban J connectivity index is 2.24. The molecule has 0 unspecified atom stereocenters. The van der Waals surface area contributed by atoms with Crippen LogP contribution in [0, 0.1) is 0 Å². The molecule has 0 spiro atoms. The average Bonchev–Trinajstić information content (AvgIpc) is 2.74. The van der Waals surface area contributed by atoms with E-state index in [0.29, 0.717) is 6.42 Å². The molecule has 3 aromatic carbocycles. The maximum Gasteiger partial charge on any atom is 0.157 e. The van der Waals surface area contributed by atoms with Crippen LogP contribution in [-0.4, -0.2) is 11.6 Å². The van der Waals surface area contributed by atoms with Gasteiger partial charge in [-0.1, -0.05) is 103 Å². The summed E-state index contributed by atoms with van der Waals surface area (Å²) in [5.74, 6) is 2.24. The number of ketones is 1. The number of hydrogen-bond donors (Lipinski definition) is 0. The van der Waals surface area contributed by atoms with Crippen LogP contribution in [0.3, 0.4) is 0 Å². The van der Waals surface area contributed by atoms with Gasteiger partial charge in [0.1, 0.15) is 0 Å². The van der Waals surface area contributed by atoms with Crippen LogP contribution in [0.25, 0.3) is 0 Å². The minimum atomic E-state index is -2.17. The summed E-state index contributed by atoms with van der Waals surface area (Å²) < 4.78 is 0. The zero-order valence-corrected chi connectivity index (χ0v) is 17.5. The molecule has 0 heterocycles. The van der Waals surface area contributed by atoms with Crippen molar-refractivity contribution in [1.82, 2.24) is 0 Å². The molecule has 0 aliphatic carbocycles. The van der Waals surface area contributed by atoms with Crippen molar-refractivity contribution in [3.05, 3.63) is 103 Å². The van der Waals surface area contributed by atoms with E-state index >= 15 is 0 Å². The first-order valence-corrected chi connectivity index (χ1v) is 11.6. The van der Waals surface area contributed by atoms with Gasteiger partial charge in [0.05, 0.1) is 0 Å². The Kier molecular flexibility index (Phi) is 6.85. The molecule has 3 rings (SSSR count). The highest BCUT2D eigenvalue weighted by Gasteiger charge is 2.25. The fraction of sp³-hybridized carbons (Fsp3) is 0.154. The summed E-state index contributed by atoms with van der Waals surface area (Å²) in [5.41, 5.74) is 1.25. The summed E-state index contributed by atoms with van der Waals surface area (Å²) in [6.07, 6.45) is 3.47. The Hall–Kier alpha value is -2.63. The quantitative estimate of drug-likeness (QED) is 0.408. The SMILES string of the molecule is CC(C)=CCCC(=O)C=P(c1ccccc1)(c1ccccc1)c1ccccc1. The van der Waals surface area contributed by atoms with Crippen molar-refractivity contribution in [2.75, 3.05) is 0 Å². The molecule has 0 saturated heterocycles. The molecule has 0 amide bonds. The van der Waals surface area contributed by atoms with Crippen LogP contribution in [0.4, 0.5) is 0 Å². The molecular weight excluding hydrogens is 359 g/mol. The number of carbonyl (C=O) groups is 1. The fourth-order valence-electron chi connectivity index (χ4n) is 3.44. The molecule has 0 atom stereocenters. The summed E-state index contributed by atoms with van der Waals surface area (Å²) in [5, 5.41) is 3.63. The van der Waals surface area contributed by atoms with Crippen molar-refractivity contribution < 1.29 is 4.79 Å². The monoisotopic (exact) mass is 386 g/mol. The number of Topliss-reactive ketones (excluding diaryl/α,β-unsaturated/α-hetero) is 1. The molecule has 2 heteroatoms. The van der Waals surface area contributed by atoms with Gasteiger partial charge in [-0.25, -0.2) is 0 Å². The van der Waals surface area contributed by atoms with E-state index in [0.717, 1.165) is 6.42 Å². The zero-order valence-electron chi connectivity index (χ0n) is 16.6. The third kappa shape index (κ3) is 4.61. The Morgan fingerprint density at radius 2 is 1.11 bits per heavy atom. The van der Waals surface area contributed by atoms with Gasteiger partial charge in [-0.2, -0.15) is 0 Å². The maximum absolute atomic E-state index is 13.1. The van der Waals surface area contributed by atoms with Gasteiger partial charge in [0.15, 0.2) is 5.78 Å². The first kappa shape index (κ1) is 20.1. The molecule has 0 aliphatic heterocycles. The summed E-state index contributed by atoms with van der Waals surface area (Å²) in [6, 6.07) is 31.5. The van der Waals surface area contributed by atoms with Crippen LogP contribution in [0.5, 0.6) is 0 Å². The number of rotatable bonds is 7. The Morgan fingerprint density at radius 3 is 1.46 bits per heavy atom. The molecule has 0 N–H and O–H groups in total. The number of benzene rings is 3. The largest absolute Gasteiger partial charge is 0.295 e. The molecule has 1 nitrogen and oxygen atoms in total. The smallest absolute Gasteiger partial charge is 0.157 e. The van der Waals surface area contributed by atoms with Crippen LogP contribution in [-0.2, 0) is 4.79 Å². The molecule has 28 heavy (non-hydrogen) atoms. The topological polar surface area (TPSA) is 17.1 Å². The predicted octanol–water partition coefficient (Wildman–Crippen LogP) is 5.10. The van der Waals surface area contributed by atoms with Gasteiger partial charge in [-0.15, -0.1) is 0 Å². The Labute approximate surface area is 168 Å². The summed E-state index contributed by atoms with van der Waals surface area (Å²) in [6.45, 7) is 1.98. The van der Waals surface area contributed by atoms with E-state index < -0.39 is 6.89 Å². The zero-order chi connectivity index (χ0) is 19.8. The highest BCUT2D eigenvalue weighted by molar-refractivity contribution is 7.95. The van der Waals surface area contributed by atoms with Crippen molar-refractivity contribution >= 4 is 34.4 Å². The van der Waals surface area contributed by atoms with Crippen molar-refractivity contribution in [2.24, 2.45) is 0 Å². The van der Waals surface area contributed by atoms with Gasteiger partial charge >= 0.3 is 0 Å². The third-order valence-corrected chi connectivity index (χ3v) is 8.78. The summed E-state index contributed by atoms with van der Waals surface area (Å²) in [4.78, 5) is 13.1. The predicted molar refractivity (Wildman–Crippen MR) is 125 cm³/mol. The average molecular weight is 386 g/mol. The van der Waals surface area contributed by atoms with Crippen LogP contribution >= 0.6 is 6.89 Å². The van der Waals surface area contributed by atoms with Crippen LogP contribution in [0.15, 0.2) is 103 Å². The minimum absolute atomic E-state index is 0.211. The summed E-state index contributed by atoms with van der Waals surface area (Å²) >= 11 is 0. The lowest BCUT2D eigenvalue weighted by atomic mass is 10.2. The Bertz CT molecular complexity index is 879. The van der Waals surface area contributed by atoms with Gasteiger partial charge < -0.3 is 0 Å². The highest BCUT2D eigenvalue weighted by Crippen LogP contribution is 2.43. The van der Waals surface area contributed by atoms with E-state index in [1.54, 1.807) is 0 Å². The van der Waals surface area contributed by atoms with Crippen molar-refractivity contribution in [2.45, 2.75) is 26.7 Å².